The van der Waals surface area contributed by atoms with Gasteiger partial charge in [0.25, 0.3) is 0 Å². The van der Waals surface area contributed by atoms with Crippen molar-refractivity contribution in [3.8, 4) is 5.75 Å². The number of hydrazone groups is 1. The van der Waals surface area contributed by atoms with E-state index in [4.69, 9.17) is 9.72 Å². The summed E-state index contributed by atoms with van der Waals surface area (Å²) in [6.45, 7) is 5.54. The first-order valence-corrected chi connectivity index (χ1v) is 9.45. The minimum atomic E-state index is 0.680. The lowest BCUT2D eigenvalue weighted by atomic mass is 10.2. The lowest BCUT2D eigenvalue weighted by molar-refractivity contribution is 0.309. The van der Waals surface area contributed by atoms with Gasteiger partial charge in [0.1, 0.15) is 5.75 Å². The highest BCUT2D eigenvalue weighted by Crippen LogP contribution is 2.29. The monoisotopic (exact) mass is 353 g/mol. The maximum absolute atomic E-state index is 5.72. The van der Waals surface area contributed by atoms with Gasteiger partial charge in [-0.2, -0.15) is 5.10 Å². The Morgan fingerprint density at radius 2 is 1.96 bits per heavy atom. The Bertz CT molecular complexity index is 793. The van der Waals surface area contributed by atoms with Crippen LogP contribution in [-0.4, -0.2) is 17.8 Å². The summed E-state index contributed by atoms with van der Waals surface area (Å²) >= 11 is 1.66. The van der Waals surface area contributed by atoms with Crippen LogP contribution in [0.25, 0.3) is 10.2 Å². The van der Waals surface area contributed by atoms with Gasteiger partial charge >= 0.3 is 0 Å². The molecule has 0 amide bonds. The predicted octanol–water partition coefficient (Wildman–Crippen LogP) is 5.49. The first-order chi connectivity index (χ1) is 12.3. The highest BCUT2D eigenvalue weighted by molar-refractivity contribution is 7.22. The van der Waals surface area contributed by atoms with Crippen LogP contribution in [0.4, 0.5) is 5.13 Å². The molecule has 1 heterocycles. The fourth-order valence-corrected chi connectivity index (χ4v) is 3.39. The van der Waals surface area contributed by atoms with Crippen LogP contribution in [0, 0.1) is 0 Å². The lowest BCUT2D eigenvalue weighted by Gasteiger charge is -2.16. The molecule has 25 heavy (non-hydrogen) atoms. The van der Waals surface area contributed by atoms with E-state index < -0.39 is 0 Å². The molecule has 0 saturated carbocycles. The van der Waals surface area contributed by atoms with Gasteiger partial charge in [0.05, 0.1) is 23.4 Å². The van der Waals surface area contributed by atoms with Gasteiger partial charge in [-0.05, 0) is 43.2 Å². The van der Waals surface area contributed by atoms with Gasteiger partial charge in [-0.3, -0.25) is 0 Å². The third-order valence-corrected chi connectivity index (χ3v) is 4.83. The Labute approximate surface area is 152 Å². The van der Waals surface area contributed by atoms with Crippen molar-refractivity contribution in [2.45, 2.75) is 33.2 Å². The van der Waals surface area contributed by atoms with Gasteiger partial charge < -0.3 is 4.74 Å². The summed E-state index contributed by atoms with van der Waals surface area (Å²) in [6, 6.07) is 16.4. The Morgan fingerprint density at radius 3 is 2.68 bits per heavy atom. The van der Waals surface area contributed by atoms with Crippen LogP contribution in [0.2, 0.25) is 0 Å². The number of benzene rings is 2. The summed E-state index contributed by atoms with van der Waals surface area (Å²) in [4.78, 5) is 4.70. The molecule has 1 aromatic heterocycles. The van der Waals surface area contributed by atoms with Crippen LogP contribution in [0.15, 0.2) is 53.6 Å². The second-order valence-corrected chi connectivity index (χ2v) is 6.75. The molecule has 0 bridgehead atoms. The van der Waals surface area contributed by atoms with E-state index in [-0.39, 0.29) is 0 Å². The molecular formula is C20H23N3OS. The number of anilines is 1. The minimum Gasteiger partial charge on any atom is -0.494 e. The van der Waals surface area contributed by atoms with Gasteiger partial charge in [0, 0.05) is 6.21 Å². The van der Waals surface area contributed by atoms with Crippen LogP contribution in [-0.2, 0) is 6.54 Å². The second kappa shape index (κ2) is 8.62. The molecule has 0 radical (unpaired) electrons. The molecule has 3 rings (SSSR count). The SMILES string of the molecule is C/C=N/N(Cc1ccc(OCCCC)cc1)c1nc2ccccc2s1. The molecule has 130 valence electrons. The van der Waals surface area contributed by atoms with E-state index in [1.165, 1.54) is 10.3 Å². The number of fused-ring (bicyclic) bond motifs is 1. The quantitative estimate of drug-likeness (QED) is 0.305. The summed E-state index contributed by atoms with van der Waals surface area (Å²) < 4.78 is 6.90. The van der Waals surface area contributed by atoms with Crippen molar-refractivity contribution in [3.05, 3.63) is 54.1 Å². The van der Waals surface area contributed by atoms with Crippen LogP contribution in [0.5, 0.6) is 5.75 Å². The van der Waals surface area contributed by atoms with Gasteiger partial charge in [-0.1, -0.05) is 48.9 Å². The van der Waals surface area contributed by atoms with E-state index in [0.29, 0.717) is 6.54 Å². The largest absolute Gasteiger partial charge is 0.494 e. The van der Waals surface area contributed by atoms with E-state index >= 15 is 0 Å². The molecule has 5 heteroatoms. The highest BCUT2D eigenvalue weighted by atomic mass is 32.1. The third kappa shape index (κ3) is 4.57. The van der Waals surface area contributed by atoms with Gasteiger partial charge in [0.15, 0.2) is 0 Å². The number of hydrogen-bond acceptors (Lipinski definition) is 5. The topological polar surface area (TPSA) is 37.7 Å². The number of aromatic nitrogens is 1. The summed E-state index contributed by atoms with van der Waals surface area (Å²) in [5, 5.41) is 7.34. The summed E-state index contributed by atoms with van der Waals surface area (Å²) in [5.74, 6) is 0.919. The Kier molecular flexibility index (Phi) is 6.01. The fraction of sp³-hybridized carbons (Fsp3) is 0.300. The number of nitrogens with zero attached hydrogens (tertiary/aromatic N) is 3. The molecule has 2 aromatic carbocycles. The third-order valence-electron chi connectivity index (χ3n) is 3.78. The number of unbranched alkanes of at least 4 members (excludes halogenated alkanes) is 1. The van der Waals surface area contributed by atoms with Crippen molar-refractivity contribution >= 4 is 32.9 Å². The fourth-order valence-electron chi connectivity index (χ4n) is 2.47. The van der Waals surface area contributed by atoms with Crippen molar-refractivity contribution in [2.24, 2.45) is 5.10 Å². The second-order valence-electron chi connectivity index (χ2n) is 5.74. The van der Waals surface area contributed by atoms with E-state index in [1.54, 1.807) is 17.6 Å². The molecule has 0 N–H and O–H groups in total. The van der Waals surface area contributed by atoms with E-state index in [2.05, 4.69) is 30.2 Å². The Balaban J connectivity index is 1.73. The average Bonchev–Trinajstić information content (AvgIpc) is 3.07. The van der Waals surface area contributed by atoms with Crippen LogP contribution in [0.1, 0.15) is 32.3 Å². The van der Waals surface area contributed by atoms with E-state index in [1.807, 2.05) is 42.3 Å². The molecule has 0 spiro atoms. The molecule has 3 aromatic rings. The zero-order chi connectivity index (χ0) is 17.5. The van der Waals surface area contributed by atoms with Gasteiger partial charge in [0.2, 0.25) is 5.13 Å². The van der Waals surface area contributed by atoms with Crippen LogP contribution < -0.4 is 9.75 Å². The van der Waals surface area contributed by atoms with Crippen molar-refractivity contribution < 1.29 is 4.74 Å². The Morgan fingerprint density at radius 1 is 1.16 bits per heavy atom. The molecule has 4 nitrogen and oxygen atoms in total. The van der Waals surface area contributed by atoms with Gasteiger partial charge in [-0.25, -0.2) is 9.99 Å². The summed E-state index contributed by atoms with van der Waals surface area (Å²) in [7, 11) is 0. The first-order valence-electron chi connectivity index (χ1n) is 8.63. The zero-order valence-corrected chi connectivity index (χ0v) is 15.5. The molecule has 0 aliphatic rings. The van der Waals surface area contributed by atoms with E-state index in [0.717, 1.165) is 35.8 Å². The molecule has 0 aliphatic carbocycles. The molecule has 0 unspecified atom stereocenters. The maximum atomic E-state index is 5.72. The lowest BCUT2D eigenvalue weighted by Crippen LogP contribution is -2.15. The molecule has 0 fully saturated rings. The number of hydrogen-bond donors (Lipinski definition) is 0. The molecule has 0 aliphatic heterocycles. The van der Waals surface area contributed by atoms with Crippen molar-refractivity contribution in [3.63, 3.8) is 0 Å². The predicted molar refractivity (Wildman–Crippen MR) is 107 cm³/mol. The van der Waals surface area contributed by atoms with Crippen LogP contribution in [0.3, 0.4) is 0 Å². The number of rotatable bonds is 8. The van der Waals surface area contributed by atoms with Crippen molar-refractivity contribution in [1.82, 2.24) is 4.98 Å². The number of ether oxygens (including phenoxy) is 1. The molecule has 0 atom stereocenters. The number of para-hydroxylation sites is 1. The standard InChI is InChI=1S/C20H23N3OS/c1-3-5-14-24-17-12-10-16(11-13-17)15-23(21-4-2)20-22-18-8-6-7-9-19(18)25-20/h4,6-13H,3,5,14-15H2,1-2H3/b21-4+. The zero-order valence-electron chi connectivity index (χ0n) is 14.7. The van der Waals surface area contributed by atoms with Crippen molar-refractivity contribution in [2.75, 3.05) is 11.6 Å². The van der Waals surface area contributed by atoms with Gasteiger partial charge in [-0.15, -0.1) is 0 Å². The van der Waals surface area contributed by atoms with Crippen molar-refractivity contribution in [1.29, 1.82) is 0 Å². The smallest absolute Gasteiger partial charge is 0.207 e. The first kappa shape index (κ1) is 17.4. The van der Waals surface area contributed by atoms with Crippen LogP contribution >= 0.6 is 11.3 Å². The van der Waals surface area contributed by atoms with E-state index in [9.17, 15) is 0 Å². The highest BCUT2D eigenvalue weighted by Gasteiger charge is 2.11. The Hall–Kier alpha value is -2.40. The number of thiazole rings is 1. The molecular weight excluding hydrogens is 330 g/mol. The average molecular weight is 353 g/mol. The normalized spacial score (nSPS) is 11.3. The maximum Gasteiger partial charge on any atom is 0.207 e. The summed E-state index contributed by atoms with van der Waals surface area (Å²) in [5.41, 5.74) is 2.19. The minimum absolute atomic E-state index is 0.680. The summed E-state index contributed by atoms with van der Waals surface area (Å²) in [6.07, 6.45) is 4.02. The molecule has 0 saturated heterocycles.